The summed E-state index contributed by atoms with van der Waals surface area (Å²) >= 11 is 1.24. The van der Waals surface area contributed by atoms with Crippen molar-refractivity contribution < 1.29 is 36.9 Å². The number of halogens is 4. The van der Waals surface area contributed by atoms with E-state index >= 15 is 0 Å². The average molecular weight is 427 g/mol. The molecule has 0 amide bonds. The van der Waals surface area contributed by atoms with Crippen LogP contribution in [0.2, 0.25) is 0 Å². The zero-order chi connectivity index (χ0) is 21.0. The van der Waals surface area contributed by atoms with Gasteiger partial charge in [-0.25, -0.2) is 4.98 Å². The molecule has 0 bridgehead atoms. The fourth-order valence-corrected chi connectivity index (χ4v) is 3.54. The monoisotopic (exact) mass is 427 g/mol. The highest BCUT2D eigenvalue weighted by Gasteiger charge is 2.16. The Bertz CT molecular complexity index is 1020. The lowest BCUT2D eigenvalue weighted by Gasteiger charge is -2.12. The number of carboxylic acid groups (broad SMARTS) is 1. The minimum atomic E-state index is -3.21. The number of carbonyl (C=O) groups is 1. The van der Waals surface area contributed by atoms with Gasteiger partial charge in [0.05, 0.1) is 16.6 Å². The number of alkyl halides is 4. The van der Waals surface area contributed by atoms with Crippen LogP contribution in [0.4, 0.5) is 17.6 Å². The van der Waals surface area contributed by atoms with Gasteiger partial charge in [-0.2, -0.15) is 17.6 Å². The molecule has 0 saturated heterocycles. The molecule has 1 aromatic heterocycles. The molecule has 10 heteroatoms. The Labute approximate surface area is 165 Å². The number of nitrogens with zero attached hydrogens (tertiary/aromatic N) is 1. The average Bonchev–Trinajstić information content (AvgIpc) is 3.06. The lowest BCUT2D eigenvalue weighted by molar-refractivity contribution is -0.135. The predicted octanol–water partition coefficient (Wildman–Crippen LogP) is 5.51. The summed E-state index contributed by atoms with van der Waals surface area (Å²) in [7, 11) is 0. The third-order valence-electron chi connectivity index (χ3n) is 3.67. The third kappa shape index (κ3) is 5.44. The quantitative estimate of drug-likeness (QED) is 0.480. The summed E-state index contributed by atoms with van der Waals surface area (Å²) in [4.78, 5) is 15.7. The van der Waals surface area contributed by atoms with Gasteiger partial charge >= 0.3 is 19.2 Å². The second kappa shape index (κ2) is 8.91. The first-order chi connectivity index (χ1) is 13.8. The summed E-state index contributed by atoms with van der Waals surface area (Å²) in [5.74, 6) is -1.95. The van der Waals surface area contributed by atoms with Crippen molar-refractivity contribution >= 4 is 39.2 Å². The van der Waals surface area contributed by atoms with Crippen molar-refractivity contribution in [2.75, 3.05) is 0 Å². The lowest BCUT2D eigenvalue weighted by Crippen LogP contribution is -2.06. The predicted molar refractivity (Wildman–Crippen MR) is 99.4 cm³/mol. The van der Waals surface area contributed by atoms with Gasteiger partial charge in [0, 0.05) is 11.6 Å². The topological polar surface area (TPSA) is 68.7 Å². The van der Waals surface area contributed by atoms with Gasteiger partial charge in [0.1, 0.15) is 16.5 Å². The Morgan fingerprint density at radius 2 is 1.83 bits per heavy atom. The summed E-state index contributed by atoms with van der Waals surface area (Å²) in [6.45, 7) is -6.35. The van der Waals surface area contributed by atoms with Crippen molar-refractivity contribution in [3.05, 3.63) is 53.0 Å². The molecule has 0 unspecified atom stereocenters. The SMILES string of the molecule is O=C(O)C/C(=C/c1ccc(OC(F)F)cc1OC(F)F)c1nc2ccccc2s1. The minimum Gasteiger partial charge on any atom is -0.481 e. The molecule has 0 radical (unpaired) electrons. The molecule has 0 aliphatic heterocycles. The fraction of sp³-hybridized carbons (Fsp3) is 0.158. The first-order valence-corrected chi connectivity index (χ1v) is 8.95. The standard InChI is InChI=1S/C19H13F4NO4S/c20-18(21)27-12-6-5-10(14(9-12)28-19(22)23)7-11(8-16(25)26)17-24-13-3-1-2-4-15(13)29-17/h1-7,9,18-19H,8H2,(H,25,26)/b11-7-. The van der Waals surface area contributed by atoms with Gasteiger partial charge in [0.2, 0.25) is 0 Å². The maximum absolute atomic E-state index is 12.8. The summed E-state index contributed by atoms with van der Waals surface area (Å²) < 4.78 is 59.8. The van der Waals surface area contributed by atoms with E-state index in [-0.39, 0.29) is 16.9 Å². The van der Waals surface area contributed by atoms with Crippen LogP contribution in [0.25, 0.3) is 21.9 Å². The van der Waals surface area contributed by atoms with E-state index in [1.165, 1.54) is 23.5 Å². The van der Waals surface area contributed by atoms with Gasteiger partial charge in [-0.3, -0.25) is 4.79 Å². The smallest absolute Gasteiger partial charge is 0.387 e. The Morgan fingerprint density at radius 3 is 2.48 bits per heavy atom. The zero-order valence-electron chi connectivity index (χ0n) is 14.5. The molecule has 29 heavy (non-hydrogen) atoms. The van der Waals surface area contributed by atoms with E-state index in [2.05, 4.69) is 14.5 Å². The number of aliphatic carboxylic acids is 1. The van der Waals surface area contributed by atoms with Crippen LogP contribution in [0.15, 0.2) is 42.5 Å². The molecule has 0 atom stereocenters. The minimum absolute atomic E-state index is 0.0717. The molecule has 0 saturated carbocycles. The largest absolute Gasteiger partial charge is 0.481 e. The normalized spacial score (nSPS) is 12.0. The number of aromatic nitrogens is 1. The Morgan fingerprint density at radius 1 is 1.10 bits per heavy atom. The highest BCUT2D eigenvalue weighted by molar-refractivity contribution is 7.19. The Kier molecular flexibility index (Phi) is 6.32. The molecule has 0 aliphatic rings. The summed E-state index contributed by atoms with van der Waals surface area (Å²) in [5.41, 5.74) is 0.983. The van der Waals surface area contributed by atoms with Crippen LogP contribution in [-0.4, -0.2) is 29.3 Å². The summed E-state index contributed by atoms with van der Waals surface area (Å²) in [6.07, 6.45) is 0.902. The van der Waals surface area contributed by atoms with E-state index in [4.69, 9.17) is 0 Å². The number of benzene rings is 2. The maximum Gasteiger partial charge on any atom is 0.387 e. The van der Waals surface area contributed by atoms with E-state index in [0.29, 0.717) is 10.5 Å². The number of hydrogen-bond donors (Lipinski definition) is 1. The van der Waals surface area contributed by atoms with Crippen molar-refractivity contribution in [3.63, 3.8) is 0 Å². The summed E-state index contributed by atoms with van der Waals surface area (Å²) in [6, 6.07) is 10.4. The van der Waals surface area contributed by atoms with Crippen molar-refractivity contribution in [3.8, 4) is 11.5 Å². The van der Waals surface area contributed by atoms with Crippen molar-refractivity contribution in [2.24, 2.45) is 0 Å². The Hall–Kier alpha value is -3.14. The molecule has 5 nitrogen and oxygen atoms in total. The van der Waals surface area contributed by atoms with Crippen LogP contribution in [-0.2, 0) is 4.79 Å². The van der Waals surface area contributed by atoms with Gasteiger partial charge in [0.25, 0.3) is 0 Å². The van der Waals surface area contributed by atoms with Crippen LogP contribution < -0.4 is 9.47 Å². The molecule has 0 spiro atoms. The zero-order valence-corrected chi connectivity index (χ0v) is 15.3. The third-order valence-corrected chi connectivity index (χ3v) is 4.78. The Balaban J connectivity index is 2.07. The molecule has 0 aliphatic carbocycles. The van der Waals surface area contributed by atoms with Crippen LogP contribution in [0.5, 0.6) is 11.5 Å². The van der Waals surface area contributed by atoms with E-state index in [9.17, 15) is 27.5 Å². The number of thiazole rings is 1. The highest BCUT2D eigenvalue weighted by Crippen LogP contribution is 2.34. The van der Waals surface area contributed by atoms with E-state index in [1.54, 1.807) is 18.2 Å². The van der Waals surface area contributed by atoms with Gasteiger partial charge in [0.15, 0.2) is 0 Å². The number of fused-ring (bicyclic) bond motifs is 1. The van der Waals surface area contributed by atoms with Gasteiger partial charge < -0.3 is 14.6 Å². The van der Waals surface area contributed by atoms with Crippen LogP contribution in [0.3, 0.4) is 0 Å². The van der Waals surface area contributed by atoms with E-state index in [1.807, 2.05) is 6.07 Å². The number of ether oxygens (including phenoxy) is 2. The molecule has 3 aromatic rings. The van der Waals surface area contributed by atoms with Crippen molar-refractivity contribution in [1.82, 2.24) is 4.98 Å². The van der Waals surface area contributed by atoms with Crippen molar-refractivity contribution in [1.29, 1.82) is 0 Å². The van der Waals surface area contributed by atoms with Crippen molar-refractivity contribution in [2.45, 2.75) is 19.6 Å². The molecular weight excluding hydrogens is 414 g/mol. The first kappa shape index (κ1) is 20.6. The highest BCUT2D eigenvalue weighted by atomic mass is 32.1. The second-order valence-corrected chi connectivity index (χ2v) is 6.71. The molecule has 1 heterocycles. The van der Waals surface area contributed by atoms with Crippen LogP contribution in [0, 0.1) is 0 Å². The van der Waals surface area contributed by atoms with E-state index in [0.717, 1.165) is 16.8 Å². The second-order valence-electron chi connectivity index (χ2n) is 5.68. The first-order valence-electron chi connectivity index (χ1n) is 8.14. The fourth-order valence-electron chi connectivity index (χ4n) is 2.56. The van der Waals surface area contributed by atoms with Crippen LogP contribution >= 0.6 is 11.3 Å². The molecule has 0 fully saturated rings. The number of para-hydroxylation sites is 1. The molecular formula is C19H13F4NO4S. The molecule has 3 rings (SSSR count). The van der Waals surface area contributed by atoms with Crippen LogP contribution in [0.1, 0.15) is 17.0 Å². The van der Waals surface area contributed by atoms with E-state index < -0.39 is 31.4 Å². The number of rotatable bonds is 8. The maximum atomic E-state index is 12.8. The molecule has 1 N–H and O–H groups in total. The number of carboxylic acids is 1. The van der Waals surface area contributed by atoms with Gasteiger partial charge in [-0.15, -0.1) is 11.3 Å². The summed E-state index contributed by atoms with van der Waals surface area (Å²) in [5, 5.41) is 9.63. The van der Waals surface area contributed by atoms with Gasteiger partial charge in [-0.05, 0) is 35.9 Å². The van der Waals surface area contributed by atoms with Gasteiger partial charge in [-0.1, -0.05) is 12.1 Å². The molecule has 2 aromatic carbocycles. The molecule has 152 valence electrons. The number of hydrogen-bond acceptors (Lipinski definition) is 5. The lowest BCUT2D eigenvalue weighted by atomic mass is 10.1.